The molecule has 2 aliphatic rings. The average Bonchev–Trinajstić information content (AvgIpc) is 2.82. The number of halogens is 1. The van der Waals surface area contributed by atoms with Crippen LogP contribution >= 0.6 is 12.4 Å². The number of hydrogen-bond donors (Lipinski definition) is 0. The van der Waals surface area contributed by atoms with Crippen LogP contribution in [0, 0.1) is 0 Å². The first kappa shape index (κ1) is 14.4. The van der Waals surface area contributed by atoms with Crippen LogP contribution < -0.4 is 4.74 Å². The van der Waals surface area contributed by atoms with Gasteiger partial charge in [-0.05, 0) is 37.4 Å². The molecule has 3 heteroatoms. The molecule has 0 saturated carbocycles. The van der Waals surface area contributed by atoms with E-state index in [1.165, 1.54) is 36.9 Å². The van der Waals surface area contributed by atoms with Crippen LogP contribution in [0.4, 0.5) is 0 Å². The fourth-order valence-corrected chi connectivity index (χ4v) is 3.74. The van der Waals surface area contributed by atoms with E-state index in [1.54, 1.807) is 7.11 Å². The van der Waals surface area contributed by atoms with Crippen LogP contribution in [-0.4, -0.2) is 31.1 Å². The molecule has 1 aromatic carbocycles. The fourth-order valence-electron chi connectivity index (χ4n) is 3.74. The van der Waals surface area contributed by atoms with E-state index in [2.05, 4.69) is 29.7 Å². The Morgan fingerprint density at radius 3 is 3.00 bits per heavy atom. The Morgan fingerprint density at radius 2 is 2.26 bits per heavy atom. The molecule has 0 spiro atoms. The molecule has 1 aliphatic carbocycles. The Bertz CT molecular complexity index is 446. The monoisotopic (exact) mass is 279 g/mol. The Morgan fingerprint density at radius 1 is 1.42 bits per heavy atom. The standard InChI is InChI=1S/C16H21NO.ClH/c1-3-10-17-11-9-13-14(17)8-7-12-5-4-6-15(18-2)16(12)13;/h3-6,13-14H,1,7-11H2,2H3;1H/t13-,14-;/m0./s1. The summed E-state index contributed by atoms with van der Waals surface area (Å²) < 4.78 is 5.58. The number of aryl methyl sites for hydroxylation is 1. The summed E-state index contributed by atoms with van der Waals surface area (Å²) in [6.45, 7) is 6.09. The van der Waals surface area contributed by atoms with Crippen LogP contribution in [0.15, 0.2) is 30.9 Å². The summed E-state index contributed by atoms with van der Waals surface area (Å²) in [4.78, 5) is 2.58. The summed E-state index contributed by atoms with van der Waals surface area (Å²) in [6.07, 6.45) is 5.74. The molecule has 1 aromatic rings. The molecule has 104 valence electrons. The highest BCUT2D eigenvalue weighted by molar-refractivity contribution is 5.85. The lowest BCUT2D eigenvalue weighted by Gasteiger charge is -2.33. The van der Waals surface area contributed by atoms with E-state index >= 15 is 0 Å². The van der Waals surface area contributed by atoms with E-state index in [1.807, 2.05) is 6.08 Å². The van der Waals surface area contributed by atoms with Crippen molar-refractivity contribution in [3.63, 3.8) is 0 Å². The molecule has 0 unspecified atom stereocenters. The molecule has 0 radical (unpaired) electrons. The summed E-state index contributed by atoms with van der Waals surface area (Å²) in [5.74, 6) is 1.74. The highest BCUT2D eigenvalue weighted by Gasteiger charge is 2.39. The number of hydrogen-bond acceptors (Lipinski definition) is 2. The maximum absolute atomic E-state index is 5.58. The first-order chi connectivity index (χ1) is 8.85. The summed E-state index contributed by atoms with van der Waals surface area (Å²) in [6, 6.07) is 7.18. The van der Waals surface area contributed by atoms with Crippen molar-refractivity contribution >= 4 is 12.4 Å². The lowest BCUT2D eigenvalue weighted by atomic mass is 9.79. The zero-order valence-electron chi connectivity index (χ0n) is 11.5. The first-order valence-electron chi connectivity index (χ1n) is 6.86. The van der Waals surface area contributed by atoms with E-state index in [4.69, 9.17) is 4.74 Å². The van der Waals surface area contributed by atoms with Crippen LogP contribution in [0.1, 0.15) is 29.9 Å². The number of likely N-dealkylation sites (tertiary alicyclic amines) is 1. The lowest BCUT2D eigenvalue weighted by molar-refractivity contribution is 0.247. The molecular weight excluding hydrogens is 258 g/mol. The molecule has 3 rings (SSSR count). The quantitative estimate of drug-likeness (QED) is 0.786. The minimum absolute atomic E-state index is 0. The van der Waals surface area contributed by atoms with Crippen molar-refractivity contribution in [1.82, 2.24) is 4.90 Å². The molecule has 0 aromatic heterocycles. The van der Waals surface area contributed by atoms with Gasteiger partial charge in [-0.15, -0.1) is 19.0 Å². The van der Waals surface area contributed by atoms with Crippen LogP contribution in [-0.2, 0) is 6.42 Å². The number of ether oxygens (including phenoxy) is 1. The van der Waals surface area contributed by atoms with Gasteiger partial charge in [0, 0.05) is 24.1 Å². The van der Waals surface area contributed by atoms with Gasteiger partial charge in [0.15, 0.2) is 0 Å². The van der Waals surface area contributed by atoms with Crippen molar-refractivity contribution in [1.29, 1.82) is 0 Å². The number of rotatable bonds is 3. The molecule has 0 amide bonds. The van der Waals surface area contributed by atoms with E-state index in [-0.39, 0.29) is 12.4 Å². The Balaban J connectivity index is 0.00000133. The lowest BCUT2D eigenvalue weighted by Crippen LogP contribution is -2.35. The second-order valence-electron chi connectivity index (χ2n) is 5.32. The molecule has 2 nitrogen and oxygen atoms in total. The highest BCUT2D eigenvalue weighted by atomic mass is 35.5. The molecule has 1 saturated heterocycles. The van der Waals surface area contributed by atoms with Crippen molar-refractivity contribution in [3.8, 4) is 5.75 Å². The fraction of sp³-hybridized carbons (Fsp3) is 0.500. The summed E-state index contributed by atoms with van der Waals surface area (Å²) in [5.41, 5.74) is 2.97. The summed E-state index contributed by atoms with van der Waals surface area (Å²) >= 11 is 0. The van der Waals surface area contributed by atoms with Gasteiger partial charge in [-0.25, -0.2) is 0 Å². The van der Waals surface area contributed by atoms with Gasteiger partial charge in [0.05, 0.1) is 7.11 Å². The van der Waals surface area contributed by atoms with Gasteiger partial charge in [-0.2, -0.15) is 0 Å². The van der Waals surface area contributed by atoms with Crippen LogP contribution in [0.2, 0.25) is 0 Å². The van der Waals surface area contributed by atoms with Gasteiger partial charge >= 0.3 is 0 Å². The Hall–Kier alpha value is -0.990. The minimum atomic E-state index is 0. The third kappa shape index (κ3) is 2.39. The third-order valence-electron chi connectivity index (χ3n) is 4.48. The average molecular weight is 280 g/mol. The van der Waals surface area contributed by atoms with Gasteiger partial charge in [0.25, 0.3) is 0 Å². The summed E-state index contributed by atoms with van der Waals surface area (Å²) in [5, 5.41) is 0. The Kier molecular flexibility index (Phi) is 4.54. The van der Waals surface area contributed by atoms with Crippen LogP contribution in [0.25, 0.3) is 0 Å². The van der Waals surface area contributed by atoms with Gasteiger partial charge < -0.3 is 4.74 Å². The first-order valence-corrected chi connectivity index (χ1v) is 6.86. The second-order valence-corrected chi connectivity index (χ2v) is 5.32. The molecule has 1 fully saturated rings. The zero-order chi connectivity index (χ0) is 12.5. The molecular formula is C16H22ClNO. The predicted molar refractivity (Wildman–Crippen MR) is 81.5 cm³/mol. The van der Waals surface area contributed by atoms with E-state index in [0.717, 1.165) is 12.3 Å². The molecule has 1 aliphatic heterocycles. The number of methoxy groups -OCH3 is 1. The maximum Gasteiger partial charge on any atom is 0.122 e. The molecule has 19 heavy (non-hydrogen) atoms. The van der Waals surface area contributed by atoms with Gasteiger partial charge in [-0.1, -0.05) is 18.2 Å². The molecule has 1 heterocycles. The Labute approximate surface area is 121 Å². The van der Waals surface area contributed by atoms with Crippen molar-refractivity contribution in [2.45, 2.75) is 31.2 Å². The van der Waals surface area contributed by atoms with Crippen molar-refractivity contribution in [2.24, 2.45) is 0 Å². The SMILES string of the molecule is C=CCN1CC[C@@H]2c3c(cccc3OC)CC[C@@H]21.Cl. The topological polar surface area (TPSA) is 12.5 Å². The molecule has 0 N–H and O–H groups in total. The number of benzene rings is 1. The van der Waals surface area contributed by atoms with Crippen molar-refractivity contribution < 1.29 is 4.74 Å². The van der Waals surface area contributed by atoms with E-state index in [9.17, 15) is 0 Å². The molecule has 2 atom stereocenters. The van der Waals surface area contributed by atoms with Gasteiger partial charge in [0.2, 0.25) is 0 Å². The molecule has 0 bridgehead atoms. The van der Waals surface area contributed by atoms with E-state index in [0.29, 0.717) is 12.0 Å². The predicted octanol–water partition coefficient (Wildman–Crippen LogP) is 3.41. The zero-order valence-corrected chi connectivity index (χ0v) is 12.3. The van der Waals surface area contributed by atoms with Crippen LogP contribution in [0.3, 0.4) is 0 Å². The largest absolute Gasteiger partial charge is 0.496 e. The second kappa shape index (κ2) is 5.98. The van der Waals surface area contributed by atoms with Crippen LogP contribution in [0.5, 0.6) is 5.75 Å². The normalized spacial score (nSPS) is 25.1. The number of fused-ring (bicyclic) bond motifs is 3. The van der Waals surface area contributed by atoms with Crippen molar-refractivity contribution in [3.05, 3.63) is 42.0 Å². The summed E-state index contributed by atoms with van der Waals surface area (Å²) in [7, 11) is 1.79. The van der Waals surface area contributed by atoms with E-state index < -0.39 is 0 Å². The van der Waals surface area contributed by atoms with Gasteiger partial charge in [0.1, 0.15) is 5.75 Å². The van der Waals surface area contributed by atoms with Gasteiger partial charge in [-0.3, -0.25) is 4.90 Å². The number of nitrogens with zero attached hydrogens (tertiary/aromatic N) is 1. The smallest absolute Gasteiger partial charge is 0.122 e. The third-order valence-corrected chi connectivity index (χ3v) is 4.48. The maximum atomic E-state index is 5.58. The highest BCUT2D eigenvalue weighted by Crippen LogP contribution is 2.45. The minimum Gasteiger partial charge on any atom is -0.496 e. The van der Waals surface area contributed by atoms with Crippen molar-refractivity contribution in [2.75, 3.05) is 20.2 Å².